The molecular formula is C23H27ClN2O4. The number of benzene rings is 1. The normalized spacial score (nSPS) is 21.6. The molecule has 1 heterocycles. The predicted molar refractivity (Wildman–Crippen MR) is 114 cm³/mol. The fourth-order valence-electron chi connectivity index (χ4n) is 3.92. The molecule has 0 spiro atoms. The van der Waals surface area contributed by atoms with Gasteiger partial charge in [-0.15, -0.1) is 0 Å². The molecule has 160 valence electrons. The van der Waals surface area contributed by atoms with E-state index in [0.717, 1.165) is 51.4 Å². The van der Waals surface area contributed by atoms with Gasteiger partial charge in [0.15, 0.2) is 6.29 Å². The van der Waals surface area contributed by atoms with Crippen molar-refractivity contribution in [1.82, 2.24) is 0 Å². The molecule has 0 radical (unpaired) electrons. The average Bonchev–Trinajstić information content (AvgIpc) is 2.78. The van der Waals surface area contributed by atoms with Crippen molar-refractivity contribution in [3.8, 4) is 17.9 Å². The third-order valence-corrected chi connectivity index (χ3v) is 5.96. The fraction of sp³-hybridized carbons (Fsp3) is 0.565. The van der Waals surface area contributed by atoms with Gasteiger partial charge >= 0.3 is 0 Å². The summed E-state index contributed by atoms with van der Waals surface area (Å²) in [6.45, 7) is 0.773. The maximum atomic E-state index is 13.1. The Balaban J connectivity index is 1.72. The van der Waals surface area contributed by atoms with E-state index in [2.05, 4.69) is 17.2 Å². The summed E-state index contributed by atoms with van der Waals surface area (Å²) in [4.78, 5) is 13.1. The van der Waals surface area contributed by atoms with Crippen molar-refractivity contribution < 1.29 is 19.4 Å². The average molecular weight is 431 g/mol. The van der Waals surface area contributed by atoms with E-state index in [1.165, 1.54) is 12.1 Å². The van der Waals surface area contributed by atoms with E-state index in [1.807, 2.05) is 6.07 Å². The van der Waals surface area contributed by atoms with Crippen LogP contribution < -0.4 is 5.32 Å². The highest BCUT2D eigenvalue weighted by Crippen LogP contribution is 2.34. The molecule has 7 heteroatoms. The molecule has 1 saturated heterocycles. The van der Waals surface area contributed by atoms with Crippen molar-refractivity contribution in [3.05, 3.63) is 28.8 Å². The summed E-state index contributed by atoms with van der Waals surface area (Å²) in [5.74, 6) is 4.79. The second kappa shape index (κ2) is 10.8. The van der Waals surface area contributed by atoms with E-state index < -0.39 is 11.5 Å². The molecule has 1 amide bonds. The number of nitriles is 1. The first-order valence-electron chi connectivity index (χ1n) is 10.5. The first-order valence-corrected chi connectivity index (χ1v) is 10.9. The second-order valence-corrected chi connectivity index (χ2v) is 8.18. The molecule has 0 bridgehead atoms. The van der Waals surface area contributed by atoms with Crippen LogP contribution >= 0.6 is 11.6 Å². The van der Waals surface area contributed by atoms with E-state index in [1.54, 1.807) is 6.07 Å². The molecular weight excluding hydrogens is 404 g/mol. The van der Waals surface area contributed by atoms with Crippen molar-refractivity contribution >= 4 is 23.2 Å². The highest BCUT2D eigenvalue weighted by Gasteiger charge is 2.43. The minimum Gasteiger partial charge on any atom is -0.369 e. The Morgan fingerprint density at radius 3 is 2.70 bits per heavy atom. The van der Waals surface area contributed by atoms with Gasteiger partial charge in [0.1, 0.15) is 12.7 Å². The molecule has 2 atom stereocenters. The number of halogens is 1. The van der Waals surface area contributed by atoms with Crippen LogP contribution in [0.1, 0.15) is 56.9 Å². The Bertz CT molecular complexity index is 845. The molecule has 2 N–H and O–H groups in total. The summed E-state index contributed by atoms with van der Waals surface area (Å²) in [6, 6.07) is 6.59. The molecule has 1 aliphatic carbocycles. The van der Waals surface area contributed by atoms with Gasteiger partial charge in [-0.3, -0.25) is 4.79 Å². The number of hydrogen-bond acceptors (Lipinski definition) is 5. The number of nitrogens with zero attached hydrogens (tertiary/aromatic N) is 1. The van der Waals surface area contributed by atoms with Crippen LogP contribution in [0.5, 0.6) is 0 Å². The second-order valence-electron chi connectivity index (χ2n) is 7.77. The number of aliphatic hydroxyl groups is 1. The summed E-state index contributed by atoms with van der Waals surface area (Å²) >= 11 is 6.06. The monoisotopic (exact) mass is 430 g/mol. The first-order chi connectivity index (χ1) is 14.5. The lowest BCUT2D eigenvalue weighted by Crippen LogP contribution is -2.49. The van der Waals surface area contributed by atoms with Gasteiger partial charge in [-0.2, -0.15) is 5.26 Å². The molecule has 2 aliphatic rings. The van der Waals surface area contributed by atoms with Crippen molar-refractivity contribution in [2.24, 2.45) is 5.92 Å². The van der Waals surface area contributed by atoms with Gasteiger partial charge in [0.05, 0.1) is 10.6 Å². The Hall–Kier alpha value is -2.09. The lowest BCUT2D eigenvalue weighted by Gasteiger charge is -2.33. The Kier molecular flexibility index (Phi) is 8.13. The summed E-state index contributed by atoms with van der Waals surface area (Å²) in [5, 5.41) is 23.3. The van der Waals surface area contributed by atoms with Crippen LogP contribution in [-0.2, 0) is 14.3 Å². The van der Waals surface area contributed by atoms with Crippen molar-refractivity contribution in [1.29, 1.82) is 5.26 Å². The number of carbonyl (C=O) groups is 1. The van der Waals surface area contributed by atoms with Crippen molar-refractivity contribution in [3.63, 3.8) is 0 Å². The minimum atomic E-state index is -1.82. The SMILES string of the molecule is N#Cc1ccc(NC(=O)C(O)(C#CCOC2CCCCO2)C2CCCCC2)cc1Cl. The standard InChI is InChI=1S/C23H27ClN2O4/c24-20-15-19(11-10-17(20)16-25)26-22(27)23(28,18-7-2-1-3-8-18)12-6-14-30-21-9-4-5-13-29-21/h10-11,15,18,21,28H,1-5,7-9,13-14H2,(H,26,27). The van der Waals surface area contributed by atoms with Crippen LogP contribution in [-0.4, -0.2) is 36.1 Å². The van der Waals surface area contributed by atoms with E-state index in [0.29, 0.717) is 17.9 Å². The molecule has 1 aliphatic heterocycles. The van der Waals surface area contributed by atoms with E-state index >= 15 is 0 Å². The van der Waals surface area contributed by atoms with Crippen LogP contribution in [0.4, 0.5) is 5.69 Å². The molecule has 2 unspecified atom stereocenters. The maximum absolute atomic E-state index is 13.1. The maximum Gasteiger partial charge on any atom is 0.269 e. The molecule has 1 aromatic carbocycles. The van der Waals surface area contributed by atoms with Gasteiger partial charge < -0.3 is 19.9 Å². The third kappa shape index (κ3) is 5.74. The first kappa shape index (κ1) is 22.6. The van der Waals surface area contributed by atoms with E-state index in [-0.39, 0.29) is 23.8 Å². The number of carbonyl (C=O) groups excluding carboxylic acids is 1. The number of ether oxygens (including phenoxy) is 2. The topological polar surface area (TPSA) is 91.6 Å². The summed E-state index contributed by atoms with van der Waals surface area (Å²) in [6.07, 6.45) is 7.12. The zero-order valence-corrected chi connectivity index (χ0v) is 17.7. The van der Waals surface area contributed by atoms with Gasteiger partial charge in [0.25, 0.3) is 5.91 Å². The van der Waals surface area contributed by atoms with Crippen LogP contribution in [0.3, 0.4) is 0 Å². The molecule has 0 aromatic heterocycles. The zero-order valence-electron chi connectivity index (χ0n) is 17.0. The van der Waals surface area contributed by atoms with Crippen LogP contribution in [0.2, 0.25) is 5.02 Å². The summed E-state index contributed by atoms with van der Waals surface area (Å²) in [7, 11) is 0. The number of amides is 1. The number of nitrogens with one attached hydrogen (secondary N) is 1. The largest absolute Gasteiger partial charge is 0.369 e. The Morgan fingerprint density at radius 2 is 2.03 bits per heavy atom. The highest BCUT2D eigenvalue weighted by molar-refractivity contribution is 6.32. The lowest BCUT2D eigenvalue weighted by atomic mass is 9.76. The van der Waals surface area contributed by atoms with E-state index in [4.69, 9.17) is 26.3 Å². The quantitative estimate of drug-likeness (QED) is 0.688. The number of anilines is 1. The Labute approximate surface area is 182 Å². The molecule has 1 aromatic rings. The minimum absolute atomic E-state index is 0.0929. The van der Waals surface area contributed by atoms with Crippen molar-refractivity contribution in [2.75, 3.05) is 18.5 Å². The van der Waals surface area contributed by atoms with Gasteiger partial charge in [-0.25, -0.2) is 0 Å². The van der Waals surface area contributed by atoms with Gasteiger partial charge in [0, 0.05) is 18.2 Å². The predicted octanol–water partition coefficient (Wildman–Crippen LogP) is 4.01. The molecule has 2 fully saturated rings. The van der Waals surface area contributed by atoms with E-state index in [9.17, 15) is 9.90 Å². The fourth-order valence-corrected chi connectivity index (χ4v) is 4.15. The molecule has 6 nitrogen and oxygen atoms in total. The van der Waals surface area contributed by atoms with Gasteiger partial charge in [0.2, 0.25) is 5.60 Å². The Morgan fingerprint density at radius 1 is 1.27 bits per heavy atom. The van der Waals surface area contributed by atoms with Crippen LogP contribution in [0.15, 0.2) is 18.2 Å². The molecule has 1 saturated carbocycles. The molecule has 3 rings (SSSR count). The van der Waals surface area contributed by atoms with Crippen molar-refractivity contribution in [2.45, 2.75) is 63.3 Å². The van der Waals surface area contributed by atoms with Crippen LogP contribution in [0, 0.1) is 29.1 Å². The third-order valence-electron chi connectivity index (χ3n) is 5.65. The summed E-state index contributed by atoms with van der Waals surface area (Å²) < 4.78 is 11.1. The molecule has 30 heavy (non-hydrogen) atoms. The van der Waals surface area contributed by atoms with Gasteiger partial charge in [-0.1, -0.05) is 42.7 Å². The number of hydrogen-bond donors (Lipinski definition) is 2. The van der Waals surface area contributed by atoms with Crippen LogP contribution in [0.25, 0.3) is 0 Å². The zero-order chi connectivity index (χ0) is 21.4. The summed E-state index contributed by atoms with van der Waals surface area (Å²) in [5.41, 5.74) is -1.09. The lowest BCUT2D eigenvalue weighted by molar-refractivity contribution is -0.154. The highest BCUT2D eigenvalue weighted by atomic mass is 35.5. The number of rotatable bonds is 5. The smallest absolute Gasteiger partial charge is 0.269 e. The van der Waals surface area contributed by atoms with Gasteiger partial charge in [-0.05, 0) is 50.3 Å².